The van der Waals surface area contributed by atoms with Crippen LogP contribution >= 0.6 is 11.6 Å². The van der Waals surface area contributed by atoms with E-state index in [1.54, 1.807) is 12.1 Å². The number of piperidine rings is 1. The van der Waals surface area contributed by atoms with E-state index in [0.717, 1.165) is 38.8 Å². The van der Waals surface area contributed by atoms with Crippen molar-refractivity contribution in [2.45, 2.75) is 38.7 Å². The molecule has 2 aliphatic rings. The third-order valence-electron chi connectivity index (χ3n) is 5.22. The molecule has 3 rings (SSSR count). The molecular formula is C20H29ClN2O4. The summed E-state index contributed by atoms with van der Waals surface area (Å²) < 4.78 is 11.4. The van der Waals surface area contributed by atoms with E-state index < -0.39 is 6.10 Å². The van der Waals surface area contributed by atoms with Crippen molar-refractivity contribution in [3.8, 4) is 11.5 Å². The summed E-state index contributed by atoms with van der Waals surface area (Å²) >= 11 is 6.15. The predicted octanol–water partition coefficient (Wildman–Crippen LogP) is 2.71. The molecule has 1 unspecified atom stereocenters. The molecule has 0 aliphatic carbocycles. The van der Waals surface area contributed by atoms with Crippen molar-refractivity contribution in [3.63, 3.8) is 0 Å². The van der Waals surface area contributed by atoms with Gasteiger partial charge in [0.25, 0.3) is 5.91 Å². The van der Waals surface area contributed by atoms with Crippen LogP contribution in [0, 0.1) is 5.92 Å². The third kappa shape index (κ3) is 5.27. The summed E-state index contributed by atoms with van der Waals surface area (Å²) in [5, 5.41) is 13.8. The molecule has 0 saturated carbocycles. The van der Waals surface area contributed by atoms with Crippen LogP contribution in [0.15, 0.2) is 12.1 Å². The van der Waals surface area contributed by atoms with Crippen LogP contribution in [0.5, 0.6) is 11.5 Å². The summed E-state index contributed by atoms with van der Waals surface area (Å²) in [6, 6.07) is 3.28. The van der Waals surface area contributed by atoms with Gasteiger partial charge in [-0.25, -0.2) is 0 Å². The number of benzene rings is 1. The molecular weight excluding hydrogens is 368 g/mol. The number of aliphatic hydroxyl groups excluding tert-OH is 1. The second-order valence-electron chi connectivity index (χ2n) is 7.31. The van der Waals surface area contributed by atoms with Gasteiger partial charge in [-0.05, 0) is 32.0 Å². The number of hydrogen-bond donors (Lipinski definition) is 2. The number of nitrogens with zero attached hydrogens (tertiary/aromatic N) is 1. The molecule has 1 aromatic rings. The zero-order valence-electron chi connectivity index (χ0n) is 15.9. The van der Waals surface area contributed by atoms with Crippen LogP contribution in [0.1, 0.15) is 43.0 Å². The van der Waals surface area contributed by atoms with Gasteiger partial charge in [0.1, 0.15) is 0 Å². The maximum atomic E-state index is 12.7. The summed E-state index contributed by atoms with van der Waals surface area (Å²) in [5.74, 6) is 0.764. The summed E-state index contributed by atoms with van der Waals surface area (Å²) in [5.41, 5.74) is 0.384. The first-order chi connectivity index (χ1) is 13.1. The minimum absolute atomic E-state index is 0.0572. The smallest absolute Gasteiger partial charge is 0.255 e. The molecule has 0 radical (unpaired) electrons. The SMILES string of the molecule is CCCCN1CC[C@@H](CNC(=O)c2cc(Cl)cc3c2OCCCO3)C(O)C1. The molecule has 0 spiro atoms. The van der Waals surface area contributed by atoms with Crippen LogP contribution in [0.25, 0.3) is 0 Å². The number of ether oxygens (including phenoxy) is 2. The monoisotopic (exact) mass is 396 g/mol. The minimum atomic E-state index is -0.424. The number of aliphatic hydroxyl groups is 1. The normalized spacial score (nSPS) is 22.9. The molecule has 1 saturated heterocycles. The highest BCUT2D eigenvalue weighted by Gasteiger charge is 2.28. The number of nitrogens with one attached hydrogen (secondary N) is 1. The minimum Gasteiger partial charge on any atom is -0.489 e. The molecule has 2 aliphatic heterocycles. The van der Waals surface area contributed by atoms with Crippen molar-refractivity contribution < 1.29 is 19.4 Å². The van der Waals surface area contributed by atoms with E-state index in [1.165, 1.54) is 0 Å². The number of unbranched alkanes of at least 4 members (excludes halogenated alkanes) is 1. The van der Waals surface area contributed by atoms with Crippen LogP contribution in [-0.2, 0) is 0 Å². The van der Waals surface area contributed by atoms with Gasteiger partial charge in [-0.2, -0.15) is 0 Å². The fourth-order valence-electron chi connectivity index (χ4n) is 3.60. The summed E-state index contributed by atoms with van der Waals surface area (Å²) in [7, 11) is 0. The number of fused-ring (bicyclic) bond motifs is 1. The van der Waals surface area contributed by atoms with E-state index in [9.17, 15) is 9.90 Å². The van der Waals surface area contributed by atoms with Crippen molar-refractivity contribution >= 4 is 17.5 Å². The zero-order chi connectivity index (χ0) is 19.2. The molecule has 1 aromatic carbocycles. The lowest BCUT2D eigenvalue weighted by atomic mass is 9.93. The maximum absolute atomic E-state index is 12.7. The van der Waals surface area contributed by atoms with Crippen molar-refractivity contribution in [2.24, 2.45) is 5.92 Å². The lowest BCUT2D eigenvalue weighted by Gasteiger charge is -2.36. The van der Waals surface area contributed by atoms with Gasteiger partial charge in [-0.15, -0.1) is 0 Å². The van der Waals surface area contributed by atoms with Crippen LogP contribution in [-0.4, -0.2) is 61.4 Å². The van der Waals surface area contributed by atoms with Gasteiger partial charge in [-0.3, -0.25) is 4.79 Å². The number of rotatable bonds is 6. The first-order valence-electron chi connectivity index (χ1n) is 9.86. The van der Waals surface area contributed by atoms with Crippen molar-refractivity contribution in [3.05, 3.63) is 22.7 Å². The largest absolute Gasteiger partial charge is 0.489 e. The Kier molecular flexibility index (Phi) is 7.21. The van der Waals surface area contributed by atoms with E-state index in [2.05, 4.69) is 17.1 Å². The number of likely N-dealkylation sites (tertiary alicyclic amines) is 1. The Morgan fingerprint density at radius 3 is 2.96 bits per heavy atom. The number of halogens is 1. The van der Waals surface area contributed by atoms with Gasteiger partial charge >= 0.3 is 0 Å². The Labute approximate surface area is 165 Å². The Morgan fingerprint density at radius 1 is 1.37 bits per heavy atom. The first kappa shape index (κ1) is 20.2. The summed E-state index contributed by atoms with van der Waals surface area (Å²) in [4.78, 5) is 15.0. The standard InChI is InChI=1S/C20H29ClN2O4/c1-2-3-6-23-7-5-14(17(24)13-23)12-22-20(25)16-10-15(21)11-18-19(16)27-9-4-8-26-18/h10-11,14,17,24H,2-9,12-13H2,1H3,(H,22,25)/t14-,17?/m0/s1. The molecule has 150 valence electrons. The molecule has 2 heterocycles. The van der Waals surface area contributed by atoms with Gasteiger partial charge in [0, 0.05) is 36.5 Å². The topological polar surface area (TPSA) is 71.0 Å². The zero-order valence-corrected chi connectivity index (χ0v) is 16.6. The molecule has 2 N–H and O–H groups in total. The van der Waals surface area contributed by atoms with Crippen molar-refractivity contribution in [1.82, 2.24) is 10.2 Å². The molecule has 1 fully saturated rings. The van der Waals surface area contributed by atoms with Crippen molar-refractivity contribution in [1.29, 1.82) is 0 Å². The van der Waals surface area contributed by atoms with Gasteiger partial charge in [0.2, 0.25) is 0 Å². The highest BCUT2D eigenvalue weighted by atomic mass is 35.5. The van der Waals surface area contributed by atoms with E-state index in [1.807, 2.05) is 0 Å². The molecule has 0 aromatic heterocycles. The molecule has 0 bridgehead atoms. The Morgan fingerprint density at radius 2 is 2.19 bits per heavy atom. The van der Waals surface area contributed by atoms with Crippen LogP contribution in [0.4, 0.5) is 0 Å². The number of amides is 1. The number of β-amino-alcohol motifs (C(OH)–C–C–N with tert-alkyl or cyclic N) is 1. The van der Waals surface area contributed by atoms with Gasteiger partial charge in [0.05, 0.1) is 24.9 Å². The quantitative estimate of drug-likeness (QED) is 0.773. The molecule has 2 atom stereocenters. The first-order valence-corrected chi connectivity index (χ1v) is 10.2. The molecule has 7 heteroatoms. The van der Waals surface area contributed by atoms with Gasteiger partial charge in [0.15, 0.2) is 11.5 Å². The van der Waals surface area contributed by atoms with Crippen LogP contribution < -0.4 is 14.8 Å². The third-order valence-corrected chi connectivity index (χ3v) is 5.43. The lowest BCUT2D eigenvalue weighted by molar-refractivity contribution is 0.0217. The average Bonchev–Trinajstić information content (AvgIpc) is 2.90. The second kappa shape index (κ2) is 9.62. The van der Waals surface area contributed by atoms with Crippen molar-refractivity contribution in [2.75, 3.05) is 39.4 Å². The highest BCUT2D eigenvalue weighted by molar-refractivity contribution is 6.31. The lowest BCUT2D eigenvalue weighted by Crippen LogP contribution is -2.47. The summed E-state index contributed by atoms with van der Waals surface area (Å²) in [6.45, 7) is 6.30. The Hall–Kier alpha value is -1.50. The number of hydrogen-bond acceptors (Lipinski definition) is 5. The van der Waals surface area contributed by atoms with Crippen LogP contribution in [0.2, 0.25) is 5.02 Å². The predicted molar refractivity (Wildman–Crippen MR) is 105 cm³/mol. The van der Waals surface area contributed by atoms with Crippen LogP contribution in [0.3, 0.4) is 0 Å². The number of carbonyl (C=O) groups is 1. The molecule has 27 heavy (non-hydrogen) atoms. The average molecular weight is 397 g/mol. The Bertz CT molecular complexity index is 655. The molecule has 6 nitrogen and oxygen atoms in total. The van der Waals surface area contributed by atoms with E-state index >= 15 is 0 Å². The Balaban J connectivity index is 1.59. The second-order valence-corrected chi connectivity index (χ2v) is 7.75. The maximum Gasteiger partial charge on any atom is 0.255 e. The van der Waals surface area contributed by atoms with E-state index in [-0.39, 0.29) is 11.8 Å². The van der Waals surface area contributed by atoms with E-state index in [4.69, 9.17) is 21.1 Å². The fourth-order valence-corrected chi connectivity index (χ4v) is 3.80. The fraction of sp³-hybridized carbons (Fsp3) is 0.650. The van der Waals surface area contributed by atoms with Gasteiger partial charge in [-0.1, -0.05) is 24.9 Å². The van der Waals surface area contributed by atoms with Gasteiger partial charge < -0.3 is 24.8 Å². The number of carbonyl (C=O) groups excluding carboxylic acids is 1. The highest BCUT2D eigenvalue weighted by Crippen LogP contribution is 2.36. The van der Waals surface area contributed by atoms with E-state index in [0.29, 0.717) is 48.4 Å². The summed E-state index contributed by atoms with van der Waals surface area (Å²) in [6.07, 6.45) is 3.51. The molecule has 1 amide bonds.